The second-order valence-corrected chi connectivity index (χ2v) is 6.75. The van der Waals surface area contributed by atoms with Crippen molar-refractivity contribution in [2.45, 2.75) is 38.6 Å². The van der Waals surface area contributed by atoms with Gasteiger partial charge in [-0.25, -0.2) is 4.98 Å². The molecule has 2 aromatic rings. The van der Waals surface area contributed by atoms with Crippen molar-refractivity contribution in [1.82, 2.24) is 24.6 Å². The molecule has 120 valence electrons. The summed E-state index contributed by atoms with van der Waals surface area (Å²) in [4.78, 5) is 11.1. The van der Waals surface area contributed by atoms with Gasteiger partial charge in [-0.05, 0) is 45.0 Å². The smallest absolute Gasteiger partial charge is 0.240 e. The number of rotatable bonds is 6. The highest BCUT2D eigenvalue weighted by Crippen LogP contribution is 2.21. The van der Waals surface area contributed by atoms with Gasteiger partial charge in [0.1, 0.15) is 5.82 Å². The molecule has 1 aliphatic heterocycles. The number of hydrogen-bond donors (Lipinski definition) is 0. The van der Waals surface area contributed by atoms with E-state index in [1.165, 1.54) is 12.8 Å². The Hall–Kier alpha value is -1.34. The first kappa shape index (κ1) is 15.6. The maximum Gasteiger partial charge on any atom is 0.240 e. The summed E-state index contributed by atoms with van der Waals surface area (Å²) in [7, 11) is 0. The monoisotopic (exact) mass is 321 g/mol. The van der Waals surface area contributed by atoms with E-state index in [9.17, 15) is 0 Å². The van der Waals surface area contributed by atoms with E-state index in [1.54, 1.807) is 11.8 Å². The molecule has 0 aromatic carbocycles. The lowest BCUT2D eigenvalue weighted by Gasteiger charge is -2.31. The third kappa shape index (κ3) is 3.89. The van der Waals surface area contributed by atoms with Crippen LogP contribution < -0.4 is 0 Å². The molecule has 0 unspecified atom stereocenters. The van der Waals surface area contributed by atoms with Crippen molar-refractivity contribution in [3.63, 3.8) is 0 Å². The molecule has 2 aromatic heterocycles. The first-order chi connectivity index (χ1) is 10.7. The molecule has 0 radical (unpaired) electrons. The van der Waals surface area contributed by atoms with Gasteiger partial charge in [0.25, 0.3) is 0 Å². The van der Waals surface area contributed by atoms with E-state index < -0.39 is 0 Å². The molecule has 6 nitrogen and oxygen atoms in total. The van der Waals surface area contributed by atoms with Crippen LogP contribution in [0.3, 0.4) is 0 Å². The molecule has 3 heterocycles. The predicted octanol–water partition coefficient (Wildman–Crippen LogP) is 2.35. The van der Waals surface area contributed by atoms with Crippen LogP contribution in [-0.2, 0) is 18.8 Å². The van der Waals surface area contributed by atoms with Crippen molar-refractivity contribution in [3.8, 4) is 0 Å². The topological polar surface area (TPSA) is 60.0 Å². The number of imidazole rings is 1. The fourth-order valence-electron chi connectivity index (χ4n) is 2.94. The van der Waals surface area contributed by atoms with Crippen LogP contribution in [0.25, 0.3) is 0 Å². The van der Waals surface area contributed by atoms with E-state index in [0.29, 0.717) is 0 Å². The first-order valence-electron chi connectivity index (χ1n) is 7.75. The molecule has 7 heteroatoms. The lowest BCUT2D eigenvalue weighted by Crippen LogP contribution is -2.34. The number of hydrogen-bond acceptors (Lipinski definition) is 6. The Morgan fingerprint density at radius 1 is 1.36 bits per heavy atom. The lowest BCUT2D eigenvalue weighted by atomic mass is 9.96. The van der Waals surface area contributed by atoms with Gasteiger partial charge < -0.3 is 9.09 Å². The minimum Gasteiger partial charge on any atom is -0.338 e. The van der Waals surface area contributed by atoms with Gasteiger partial charge in [0.05, 0.1) is 12.3 Å². The molecule has 1 aliphatic rings. The Bertz CT molecular complexity index is 588. The van der Waals surface area contributed by atoms with Crippen LogP contribution in [0.2, 0.25) is 0 Å². The molecule has 0 amide bonds. The van der Waals surface area contributed by atoms with Crippen molar-refractivity contribution >= 4 is 11.8 Å². The summed E-state index contributed by atoms with van der Waals surface area (Å²) in [5.74, 6) is 4.20. The van der Waals surface area contributed by atoms with E-state index >= 15 is 0 Å². The minimum absolute atomic E-state index is 0.735. The Balaban J connectivity index is 1.46. The highest BCUT2D eigenvalue weighted by molar-refractivity contribution is 7.97. The molecule has 3 rings (SSSR count). The van der Waals surface area contributed by atoms with Gasteiger partial charge in [-0.2, -0.15) is 16.7 Å². The van der Waals surface area contributed by atoms with Gasteiger partial charge in [0, 0.05) is 18.9 Å². The van der Waals surface area contributed by atoms with Crippen LogP contribution in [0.1, 0.15) is 30.4 Å². The number of aromatic nitrogens is 4. The molecule has 0 N–H and O–H groups in total. The normalized spacial score (nSPS) is 17.2. The summed E-state index contributed by atoms with van der Waals surface area (Å²) >= 11 is 1.71. The van der Waals surface area contributed by atoms with Crippen molar-refractivity contribution in [2.24, 2.45) is 5.92 Å². The number of thioether (sulfide) groups is 1. The van der Waals surface area contributed by atoms with Crippen LogP contribution in [0, 0.1) is 12.8 Å². The molecule has 1 fully saturated rings. The number of nitrogens with zero attached hydrogens (tertiary/aromatic N) is 5. The lowest BCUT2D eigenvalue weighted by molar-refractivity contribution is 0.150. The minimum atomic E-state index is 0.735. The summed E-state index contributed by atoms with van der Waals surface area (Å²) in [6.45, 7) is 6.12. The Morgan fingerprint density at radius 3 is 2.86 bits per heavy atom. The SMILES string of the molecule is CSCc1noc(CN2CCC(Cn3ccnc3C)CC2)n1. The molecule has 0 spiro atoms. The van der Waals surface area contributed by atoms with E-state index in [4.69, 9.17) is 4.52 Å². The Kier molecular flexibility index (Phi) is 5.15. The molecule has 0 saturated carbocycles. The Morgan fingerprint density at radius 2 is 2.18 bits per heavy atom. The highest BCUT2D eigenvalue weighted by atomic mass is 32.2. The fourth-order valence-corrected chi connectivity index (χ4v) is 3.31. The van der Waals surface area contributed by atoms with Gasteiger partial charge >= 0.3 is 0 Å². The highest BCUT2D eigenvalue weighted by Gasteiger charge is 2.21. The third-order valence-electron chi connectivity index (χ3n) is 4.23. The second kappa shape index (κ2) is 7.28. The summed E-state index contributed by atoms with van der Waals surface area (Å²) < 4.78 is 7.58. The van der Waals surface area contributed by atoms with Crippen LogP contribution in [-0.4, -0.2) is 43.9 Å². The van der Waals surface area contributed by atoms with Crippen molar-refractivity contribution in [3.05, 3.63) is 29.9 Å². The van der Waals surface area contributed by atoms with Crippen molar-refractivity contribution < 1.29 is 4.52 Å². The Labute approximate surface area is 135 Å². The molecule has 1 saturated heterocycles. The molecule has 0 aliphatic carbocycles. The van der Waals surface area contributed by atoms with Crippen LogP contribution in [0.4, 0.5) is 0 Å². The molecule has 22 heavy (non-hydrogen) atoms. The maximum atomic E-state index is 5.32. The van der Waals surface area contributed by atoms with Gasteiger partial charge in [-0.3, -0.25) is 4.90 Å². The average Bonchev–Trinajstić information content (AvgIpc) is 3.12. The summed E-state index contributed by atoms with van der Waals surface area (Å²) in [6.07, 6.45) is 8.43. The van der Waals surface area contributed by atoms with Crippen LogP contribution in [0.5, 0.6) is 0 Å². The standard InChI is InChI=1S/C15H23N5OS/c1-12-16-5-8-20(12)9-13-3-6-19(7-4-13)10-15-17-14(11-22-2)18-21-15/h5,8,13H,3-4,6-7,9-11H2,1-2H3. The first-order valence-corrected chi connectivity index (χ1v) is 9.14. The van der Waals surface area contributed by atoms with E-state index in [1.807, 2.05) is 12.5 Å². The maximum absolute atomic E-state index is 5.32. The van der Waals surface area contributed by atoms with Crippen molar-refractivity contribution in [1.29, 1.82) is 0 Å². The summed E-state index contributed by atoms with van der Waals surface area (Å²) in [5.41, 5.74) is 0. The zero-order chi connectivity index (χ0) is 15.4. The number of aryl methyl sites for hydroxylation is 1. The van der Waals surface area contributed by atoms with Gasteiger partial charge in [0.15, 0.2) is 5.82 Å². The quantitative estimate of drug-likeness (QED) is 0.814. The fraction of sp³-hybridized carbons (Fsp3) is 0.667. The third-order valence-corrected chi connectivity index (χ3v) is 4.78. The molecular weight excluding hydrogens is 298 g/mol. The molecular formula is C15H23N5OS. The summed E-state index contributed by atoms with van der Waals surface area (Å²) in [5, 5.41) is 4.00. The van der Waals surface area contributed by atoms with Gasteiger partial charge in [0.2, 0.25) is 5.89 Å². The van der Waals surface area contributed by atoms with Gasteiger partial charge in [-0.1, -0.05) is 5.16 Å². The molecule has 0 atom stereocenters. The largest absolute Gasteiger partial charge is 0.338 e. The summed E-state index contributed by atoms with van der Waals surface area (Å²) in [6, 6.07) is 0. The average molecular weight is 321 g/mol. The van der Waals surface area contributed by atoms with E-state index in [-0.39, 0.29) is 0 Å². The van der Waals surface area contributed by atoms with E-state index in [2.05, 4.69) is 37.7 Å². The predicted molar refractivity (Wildman–Crippen MR) is 86.5 cm³/mol. The van der Waals surface area contributed by atoms with Gasteiger partial charge in [-0.15, -0.1) is 0 Å². The second-order valence-electron chi connectivity index (χ2n) is 5.88. The number of piperidine rings is 1. The zero-order valence-corrected chi connectivity index (χ0v) is 14.1. The molecule has 0 bridgehead atoms. The number of likely N-dealkylation sites (tertiary alicyclic amines) is 1. The zero-order valence-electron chi connectivity index (χ0n) is 13.2. The van der Waals surface area contributed by atoms with Crippen molar-refractivity contribution in [2.75, 3.05) is 19.3 Å². The van der Waals surface area contributed by atoms with Crippen LogP contribution in [0.15, 0.2) is 16.9 Å². The van der Waals surface area contributed by atoms with E-state index in [0.717, 1.165) is 55.4 Å². The van der Waals surface area contributed by atoms with Crippen LogP contribution >= 0.6 is 11.8 Å².